The third kappa shape index (κ3) is 5.37. The molecule has 3 aromatic carbocycles. The average Bonchev–Trinajstić information content (AvgIpc) is 2.84. The Bertz CT molecular complexity index is 1400. The Balaban J connectivity index is 1.58. The molecule has 0 atom stereocenters. The van der Waals surface area contributed by atoms with Crippen molar-refractivity contribution in [3.05, 3.63) is 88.5 Å². The first-order valence-corrected chi connectivity index (χ1v) is 11.1. The number of phenolic OH excluding ortho intramolecular Hbond substituents is 1. The van der Waals surface area contributed by atoms with Gasteiger partial charge in [0.15, 0.2) is 6.61 Å². The van der Waals surface area contributed by atoms with Gasteiger partial charge in [-0.15, -0.1) is 0 Å². The predicted molar refractivity (Wildman–Crippen MR) is 134 cm³/mol. The molecule has 1 saturated heterocycles. The lowest BCUT2D eigenvalue weighted by Gasteiger charge is -2.26. The Morgan fingerprint density at radius 1 is 1.08 bits per heavy atom. The number of amides is 5. The Hall–Kier alpha value is -4.63. The van der Waals surface area contributed by atoms with Crippen molar-refractivity contribution in [1.29, 1.82) is 0 Å². The third-order valence-corrected chi connectivity index (χ3v) is 5.49. The number of nitrogens with one attached hydrogen (secondary N) is 2. The summed E-state index contributed by atoms with van der Waals surface area (Å²) in [5.41, 5.74) is 1.60. The molecule has 5 amide bonds. The topological polar surface area (TPSA) is 125 Å². The third-order valence-electron chi connectivity index (χ3n) is 5.26. The van der Waals surface area contributed by atoms with Gasteiger partial charge < -0.3 is 15.2 Å². The number of anilines is 2. The van der Waals surface area contributed by atoms with Crippen LogP contribution >= 0.6 is 11.6 Å². The molecule has 4 rings (SSSR count). The summed E-state index contributed by atoms with van der Waals surface area (Å²) in [6.45, 7) is 1.52. The van der Waals surface area contributed by atoms with E-state index in [2.05, 4.69) is 10.6 Å². The Morgan fingerprint density at radius 2 is 1.81 bits per heavy atom. The molecule has 1 aliphatic heterocycles. The number of barbiturate groups is 1. The summed E-state index contributed by atoms with van der Waals surface area (Å²) in [4.78, 5) is 51.2. The first kappa shape index (κ1) is 24.5. The van der Waals surface area contributed by atoms with E-state index in [1.807, 2.05) is 19.1 Å². The maximum Gasteiger partial charge on any atom is 0.335 e. The largest absolute Gasteiger partial charge is 0.508 e. The van der Waals surface area contributed by atoms with E-state index in [0.29, 0.717) is 10.7 Å². The van der Waals surface area contributed by atoms with Crippen LogP contribution in [0.2, 0.25) is 5.02 Å². The van der Waals surface area contributed by atoms with Crippen molar-refractivity contribution in [2.75, 3.05) is 16.8 Å². The van der Waals surface area contributed by atoms with E-state index in [0.717, 1.165) is 10.5 Å². The number of ether oxygens (including phenoxy) is 1. The van der Waals surface area contributed by atoms with E-state index in [4.69, 9.17) is 16.3 Å². The van der Waals surface area contributed by atoms with Gasteiger partial charge in [0, 0.05) is 16.3 Å². The lowest BCUT2D eigenvalue weighted by molar-refractivity contribution is -0.122. The van der Waals surface area contributed by atoms with E-state index < -0.39 is 23.8 Å². The van der Waals surface area contributed by atoms with Crippen LogP contribution in [-0.2, 0) is 14.4 Å². The highest BCUT2D eigenvalue weighted by Gasteiger charge is 2.37. The Morgan fingerprint density at radius 3 is 2.53 bits per heavy atom. The fraction of sp³-hybridized carbons (Fsp3) is 0.0769. The van der Waals surface area contributed by atoms with E-state index >= 15 is 0 Å². The van der Waals surface area contributed by atoms with Crippen molar-refractivity contribution in [2.45, 2.75) is 6.92 Å². The minimum atomic E-state index is -0.928. The number of aryl methyl sites for hydroxylation is 1. The summed E-state index contributed by atoms with van der Waals surface area (Å²) < 4.78 is 5.66. The lowest BCUT2D eigenvalue weighted by atomic mass is 10.1. The van der Waals surface area contributed by atoms with Crippen molar-refractivity contribution in [3.63, 3.8) is 0 Å². The molecule has 0 saturated carbocycles. The molecule has 36 heavy (non-hydrogen) atoms. The van der Waals surface area contributed by atoms with Gasteiger partial charge in [0.2, 0.25) is 0 Å². The van der Waals surface area contributed by atoms with Crippen LogP contribution in [0.3, 0.4) is 0 Å². The van der Waals surface area contributed by atoms with Gasteiger partial charge >= 0.3 is 6.03 Å². The maximum atomic E-state index is 13.1. The number of hydrogen-bond acceptors (Lipinski definition) is 6. The zero-order chi connectivity index (χ0) is 25.8. The van der Waals surface area contributed by atoms with Gasteiger partial charge in [-0.05, 0) is 67.1 Å². The molecule has 1 aliphatic rings. The molecule has 0 aromatic heterocycles. The number of halogens is 1. The molecule has 0 aliphatic carbocycles. The monoisotopic (exact) mass is 505 g/mol. The molecule has 0 radical (unpaired) electrons. The predicted octanol–water partition coefficient (Wildman–Crippen LogP) is 4.04. The number of hydrogen-bond donors (Lipinski definition) is 3. The quantitative estimate of drug-likeness (QED) is 0.343. The second kappa shape index (κ2) is 10.3. The smallest absolute Gasteiger partial charge is 0.335 e. The standard InChI is InChI=1S/C26H20ClN3O6/c1-15-4-2-3-5-21(15)28-23(32)14-36-22-11-6-17(27)12-16(22)13-20-24(33)29-26(35)30(25(20)34)18-7-9-19(31)10-8-18/h2-13,31H,14H2,1H3,(H,28,32)(H,29,33,35)/b20-13-. The van der Waals surface area contributed by atoms with Crippen LogP contribution in [0.1, 0.15) is 11.1 Å². The zero-order valence-corrected chi connectivity index (χ0v) is 19.7. The number of carbonyl (C=O) groups excluding carboxylic acids is 4. The summed E-state index contributed by atoms with van der Waals surface area (Å²) in [7, 11) is 0. The summed E-state index contributed by atoms with van der Waals surface area (Å²) in [6.07, 6.45) is 1.23. The average molecular weight is 506 g/mol. The van der Waals surface area contributed by atoms with Gasteiger partial charge in [0.05, 0.1) is 5.69 Å². The van der Waals surface area contributed by atoms with Crippen molar-refractivity contribution < 1.29 is 29.0 Å². The van der Waals surface area contributed by atoms with Gasteiger partial charge in [0.1, 0.15) is 17.1 Å². The number of para-hydroxylation sites is 1. The molecule has 1 heterocycles. The van der Waals surface area contributed by atoms with Crippen LogP contribution in [0.5, 0.6) is 11.5 Å². The summed E-state index contributed by atoms with van der Waals surface area (Å²) in [6, 6.07) is 16.2. The fourth-order valence-electron chi connectivity index (χ4n) is 3.46. The molecule has 0 unspecified atom stereocenters. The SMILES string of the molecule is Cc1ccccc1NC(=O)COc1ccc(Cl)cc1/C=C1/C(=O)NC(=O)N(c2ccc(O)cc2)C1=O. The van der Waals surface area contributed by atoms with Gasteiger partial charge in [0.25, 0.3) is 17.7 Å². The molecular formula is C26H20ClN3O6. The summed E-state index contributed by atoms with van der Waals surface area (Å²) in [5.74, 6) is -2.04. The molecule has 9 nitrogen and oxygen atoms in total. The maximum absolute atomic E-state index is 13.1. The number of carbonyl (C=O) groups is 4. The van der Waals surface area contributed by atoms with Crippen LogP contribution < -0.4 is 20.3 Å². The van der Waals surface area contributed by atoms with Crippen molar-refractivity contribution >= 4 is 52.8 Å². The number of aromatic hydroxyl groups is 1. The van der Waals surface area contributed by atoms with E-state index in [-0.39, 0.29) is 34.9 Å². The number of imide groups is 2. The first-order valence-electron chi connectivity index (χ1n) is 10.7. The van der Waals surface area contributed by atoms with Crippen LogP contribution in [0.25, 0.3) is 6.08 Å². The molecular weight excluding hydrogens is 486 g/mol. The molecule has 3 N–H and O–H groups in total. The molecule has 3 aromatic rings. The van der Waals surface area contributed by atoms with Gasteiger partial charge in [-0.25, -0.2) is 9.69 Å². The molecule has 10 heteroatoms. The van der Waals surface area contributed by atoms with Crippen molar-refractivity contribution in [3.8, 4) is 11.5 Å². The van der Waals surface area contributed by atoms with Crippen LogP contribution in [-0.4, -0.2) is 35.5 Å². The molecule has 0 bridgehead atoms. The van der Waals surface area contributed by atoms with E-state index in [9.17, 15) is 24.3 Å². The minimum Gasteiger partial charge on any atom is -0.508 e. The molecule has 182 valence electrons. The van der Waals surface area contributed by atoms with Gasteiger partial charge in [-0.3, -0.25) is 19.7 Å². The van der Waals surface area contributed by atoms with Crippen LogP contribution in [0.15, 0.2) is 72.3 Å². The number of rotatable bonds is 6. The number of phenols is 1. The van der Waals surface area contributed by atoms with Crippen molar-refractivity contribution in [2.24, 2.45) is 0 Å². The summed E-state index contributed by atoms with van der Waals surface area (Å²) >= 11 is 6.12. The summed E-state index contributed by atoms with van der Waals surface area (Å²) in [5, 5.41) is 14.7. The second-order valence-corrected chi connectivity index (χ2v) is 8.24. The number of nitrogens with zero attached hydrogens (tertiary/aromatic N) is 1. The first-order chi connectivity index (χ1) is 17.2. The van der Waals surface area contributed by atoms with Crippen LogP contribution in [0.4, 0.5) is 16.2 Å². The van der Waals surface area contributed by atoms with Gasteiger partial charge in [-0.1, -0.05) is 29.8 Å². The second-order valence-electron chi connectivity index (χ2n) is 7.81. The number of urea groups is 1. The highest BCUT2D eigenvalue weighted by molar-refractivity contribution is 6.39. The normalized spacial score (nSPS) is 14.6. The zero-order valence-electron chi connectivity index (χ0n) is 18.9. The lowest BCUT2D eigenvalue weighted by Crippen LogP contribution is -2.54. The minimum absolute atomic E-state index is 0.0531. The van der Waals surface area contributed by atoms with E-state index in [1.54, 1.807) is 12.1 Å². The van der Waals surface area contributed by atoms with Gasteiger partial charge in [-0.2, -0.15) is 0 Å². The fourth-order valence-corrected chi connectivity index (χ4v) is 3.64. The Kier molecular flexibility index (Phi) is 7.03. The highest BCUT2D eigenvalue weighted by Crippen LogP contribution is 2.28. The van der Waals surface area contributed by atoms with Crippen LogP contribution in [0, 0.1) is 6.92 Å². The molecule has 1 fully saturated rings. The van der Waals surface area contributed by atoms with E-state index in [1.165, 1.54) is 48.5 Å². The molecule has 0 spiro atoms. The highest BCUT2D eigenvalue weighted by atomic mass is 35.5. The number of benzene rings is 3. The van der Waals surface area contributed by atoms with Crippen molar-refractivity contribution in [1.82, 2.24) is 5.32 Å². The Labute approximate surface area is 210 Å².